The SMILES string of the molecule is [CH2]Cc1cc2cc(OC)ccc2[nH]1. The molecule has 0 bridgehead atoms. The first-order valence-electron chi connectivity index (χ1n) is 4.28. The number of nitrogens with one attached hydrogen (secondary N) is 1. The van der Waals surface area contributed by atoms with E-state index in [0.29, 0.717) is 0 Å². The first kappa shape index (κ1) is 8.17. The molecular formula is C11H12NO. The van der Waals surface area contributed by atoms with Crippen molar-refractivity contribution in [3.8, 4) is 5.75 Å². The van der Waals surface area contributed by atoms with Crippen molar-refractivity contribution in [1.82, 2.24) is 4.98 Å². The summed E-state index contributed by atoms with van der Waals surface area (Å²) in [6.07, 6.45) is 0.789. The smallest absolute Gasteiger partial charge is 0.119 e. The Bertz CT molecular complexity index is 415. The van der Waals surface area contributed by atoms with Crippen molar-refractivity contribution >= 4 is 10.9 Å². The maximum absolute atomic E-state index is 5.14. The lowest BCUT2D eigenvalue weighted by molar-refractivity contribution is 0.415. The molecule has 1 aromatic heterocycles. The minimum atomic E-state index is 0.789. The molecule has 0 saturated carbocycles. The lowest BCUT2D eigenvalue weighted by Crippen LogP contribution is -1.80. The van der Waals surface area contributed by atoms with Gasteiger partial charge in [0, 0.05) is 16.6 Å². The lowest BCUT2D eigenvalue weighted by atomic mass is 10.2. The summed E-state index contributed by atoms with van der Waals surface area (Å²) in [5.74, 6) is 0.891. The fourth-order valence-corrected chi connectivity index (χ4v) is 1.43. The number of rotatable bonds is 2. The van der Waals surface area contributed by atoms with Gasteiger partial charge in [0.05, 0.1) is 7.11 Å². The number of hydrogen-bond donors (Lipinski definition) is 1. The second-order valence-electron chi connectivity index (χ2n) is 3.00. The molecule has 0 aliphatic heterocycles. The zero-order valence-electron chi connectivity index (χ0n) is 7.63. The largest absolute Gasteiger partial charge is 0.497 e. The summed E-state index contributed by atoms with van der Waals surface area (Å²) in [6.45, 7) is 3.83. The van der Waals surface area contributed by atoms with E-state index in [4.69, 9.17) is 4.74 Å². The van der Waals surface area contributed by atoms with Gasteiger partial charge in [-0.15, -0.1) is 0 Å². The van der Waals surface area contributed by atoms with Crippen LogP contribution >= 0.6 is 0 Å². The number of aromatic nitrogens is 1. The van der Waals surface area contributed by atoms with Gasteiger partial charge in [0.2, 0.25) is 0 Å². The molecule has 1 N–H and O–H groups in total. The zero-order valence-corrected chi connectivity index (χ0v) is 7.63. The van der Waals surface area contributed by atoms with Crippen LogP contribution in [0.15, 0.2) is 24.3 Å². The fourth-order valence-electron chi connectivity index (χ4n) is 1.43. The van der Waals surface area contributed by atoms with Crippen LogP contribution in [0.1, 0.15) is 5.69 Å². The van der Waals surface area contributed by atoms with Crippen molar-refractivity contribution < 1.29 is 4.74 Å². The Morgan fingerprint density at radius 1 is 1.38 bits per heavy atom. The third kappa shape index (κ3) is 1.39. The van der Waals surface area contributed by atoms with Gasteiger partial charge in [-0.25, -0.2) is 0 Å². The molecule has 1 heterocycles. The molecular weight excluding hydrogens is 162 g/mol. The van der Waals surface area contributed by atoms with E-state index in [0.717, 1.165) is 23.4 Å². The summed E-state index contributed by atoms with van der Waals surface area (Å²) in [4.78, 5) is 3.28. The summed E-state index contributed by atoms with van der Waals surface area (Å²) in [5.41, 5.74) is 2.29. The summed E-state index contributed by atoms with van der Waals surface area (Å²) in [7, 11) is 1.68. The quantitative estimate of drug-likeness (QED) is 0.743. The predicted octanol–water partition coefficient (Wildman–Crippen LogP) is 2.55. The molecule has 67 valence electrons. The second kappa shape index (κ2) is 3.13. The van der Waals surface area contributed by atoms with Crippen molar-refractivity contribution in [2.75, 3.05) is 7.11 Å². The average Bonchev–Trinajstić information content (AvgIpc) is 2.58. The monoisotopic (exact) mass is 174 g/mol. The van der Waals surface area contributed by atoms with E-state index < -0.39 is 0 Å². The maximum atomic E-state index is 5.14. The van der Waals surface area contributed by atoms with Crippen LogP contribution in [0, 0.1) is 6.92 Å². The highest BCUT2D eigenvalue weighted by molar-refractivity contribution is 5.81. The first-order chi connectivity index (χ1) is 6.33. The van der Waals surface area contributed by atoms with E-state index in [-0.39, 0.29) is 0 Å². The van der Waals surface area contributed by atoms with E-state index >= 15 is 0 Å². The molecule has 0 atom stereocenters. The molecule has 2 heteroatoms. The van der Waals surface area contributed by atoms with Gasteiger partial charge in [-0.05, 0) is 37.6 Å². The Hall–Kier alpha value is -1.44. The Morgan fingerprint density at radius 3 is 2.92 bits per heavy atom. The van der Waals surface area contributed by atoms with Crippen LogP contribution in [0.4, 0.5) is 0 Å². The van der Waals surface area contributed by atoms with Gasteiger partial charge < -0.3 is 9.72 Å². The van der Waals surface area contributed by atoms with Gasteiger partial charge in [0.25, 0.3) is 0 Å². The number of aromatic amines is 1. The van der Waals surface area contributed by atoms with E-state index in [1.807, 2.05) is 18.2 Å². The molecule has 2 rings (SSSR count). The van der Waals surface area contributed by atoms with Crippen LogP contribution < -0.4 is 4.74 Å². The van der Waals surface area contributed by atoms with Crippen molar-refractivity contribution in [2.45, 2.75) is 6.42 Å². The van der Waals surface area contributed by atoms with Crippen molar-refractivity contribution in [3.05, 3.63) is 36.9 Å². The molecule has 0 saturated heterocycles. The molecule has 13 heavy (non-hydrogen) atoms. The highest BCUT2D eigenvalue weighted by atomic mass is 16.5. The molecule has 0 fully saturated rings. The van der Waals surface area contributed by atoms with Crippen molar-refractivity contribution in [2.24, 2.45) is 0 Å². The highest BCUT2D eigenvalue weighted by Gasteiger charge is 1.99. The van der Waals surface area contributed by atoms with Gasteiger partial charge in [-0.1, -0.05) is 0 Å². The third-order valence-electron chi connectivity index (χ3n) is 2.15. The maximum Gasteiger partial charge on any atom is 0.119 e. The summed E-state index contributed by atoms with van der Waals surface area (Å²) in [6, 6.07) is 8.09. The molecule has 0 unspecified atom stereocenters. The molecule has 0 aliphatic rings. The normalized spacial score (nSPS) is 10.6. The van der Waals surface area contributed by atoms with Crippen molar-refractivity contribution in [1.29, 1.82) is 0 Å². The number of hydrogen-bond acceptors (Lipinski definition) is 1. The third-order valence-corrected chi connectivity index (χ3v) is 2.15. The minimum absolute atomic E-state index is 0.789. The van der Waals surface area contributed by atoms with E-state index in [2.05, 4.69) is 18.0 Å². The Balaban J connectivity index is 2.57. The predicted molar refractivity (Wildman–Crippen MR) is 53.9 cm³/mol. The van der Waals surface area contributed by atoms with Gasteiger partial charge in [0.1, 0.15) is 5.75 Å². The Kier molecular flexibility index (Phi) is 1.97. The summed E-state index contributed by atoms with van der Waals surface area (Å²) >= 11 is 0. The average molecular weight is 174 g/mol. The van der Waals surface area contributed by atoms with E-state index in [1.165, 1.54) is 5.39 Å². The van der Waals surface area contributed by atoms with Crippen LogP contribution in [0.5, 0.6) is 5.75 Å². The molecule has 0 spiro atoms. The number of fused-ring (bicyclic) bond motifs is 1. The van der Waals surface area contributed by atoms with Crippen LogP contribution in [0.2, 0.25) is 0 Å². The standard InChI is InChI=1S/C11H12NO/c1-3-9-6-8-7-10(13-2)4-5-11(8)12-9/h4-7,12H,1,3H2,2H3. The second-order valence-corrected chi connectivity index (χ2v) is 3.00. The molecule has 0 amide bonds. The fraction of sp³-hybridized carbons (Fsp3) is 0.182. The first-order valence-corrected chi connectivity index (χ1v) is 4.28. The topological polar surface area (TPSA) is 25.0 Å². The zero-order chi connectivity index (χ0) is 9.26. The van der Waals surface area contributed by atoms with Crippen LogP contribution in [0.25, 0.3) is 10.9 Å². The molecule has 2 aromatic rings. The van der Waals surface area contributed by atoms with Gasteiger partial charge >= 0.3 is 0 Å². The van der Waals surface area contributed by atoms with E-state index in [9.17, 15) is 0 Å². The lowest BCUT2D eigenvalue weighted by Gasteiger charge is -1.97. The number of H-pyrrole nitrogens is 1. The minimum Gasteiger partial charge on any atom is -0.497 e. The highest BCUT2D eigenvalue weighted by Crippen LogP contribution is 2.21. The molecule has 1 aromatic carbocycles. The van der Waals surface area contributed by atoms with Crippen molar-refractivity contribution in [3.63, 3.8) is 0 Å². The summed E-state index contributed by atoms with van der Waals surface area (Å²) in [5, 5.41) is 1.18. The van der Waals surface area contributed by atoms with Crippen LogP contribution in [0.3, 0.4) is 0 Å². The van der Waals surface area contributed by atoms with Crippen LogP contribution in [-0.2, 0) is 6.42 Å². The van der Waals surface area contributed by atoms with Crippen LogP contribution in [-0.4, -0.2) is 12.1 Å². The number of ether oxygens (including phenoxy) is 1. The molecule has 2 nitrogen and oxygen atoms in total. The number of methoxy groups -OCH3 is 1. The van der Waals surface area contributed by atoms with Gasteiger partial charge in [-0.3, -0.25) is 0 Å². The number of benzene rings is 1. The Morgan fingerprint density at radius 2 is 2.23 bits per heavy atom. The molecule has 1 radical (unpaired) electrons. The van der Waals surface area contributed by atoms with E-state index in [1.54, 1.807) is 7.11 Å². The van der Waals surface area contributed by atoms with Gasteiger partial charge in [0.15, 0.2) is 0 Å². The molecule has 0 aliphatic carbocycles. The van der Waals surface area contributed by atoms with Gasteiger partial charge in [-0.2, -0.15) is 0 Å². The summed E-state index contributed by atoms with van der Waals surface area (Å²) < 4.78 is 5.14. The Labute approximate surface area is 77.5 Å².